The number of methoxy groups -OCH3 is 2. The van der Waals surface area contributed by atoms with Crippen molar-refractivity contribution in [3.8, 4) is 5.75 Å². The van der Waals surface area contributed by atoms with Crippen LogP contribution in [-0.4, -0.2) is 62.8 Å². The molecule has 6 atom stereocenters. The maximum atomic E-state index is 13.3. The predicted molar refractivity (Wildman–Crippen MR) is 179 cm³/mol. The zero-order chi connectivity index (χ0) is 34.5. The van der Waals surface area contributed by atoms with Crippen LogP contribution in [0.25, 0.3) is 0 Å². The van der Waals surface area contributed by atoms with E-state index < -0.39 is 41.8 Å². The Kier molecular flexibility index (Phi) is 14.7. The molecule has 0 bridgehead atoms. The highest BCUT2D eigenvalue weighted by atomic mass is 35.5. The maximum absolute atomic E-state index is 13.3. The van der Waals surface area contributed by atoms with Gasteiger partial charge in [-0.25, -0.2) is 4.79 Å². The van der Waals surface area contributed by atoms with E-state index in [0.717, 1.165) is 6.42 Å². The van der Waals surface area contributed by atoms with Crippen molar-refractivity contribution in [1.29, 1.82) is 0 Å². The summed E-state index contributed by atoms with van der Waals surface area (Å²) in [5.41, 5.74) is 1.87. The number of ether oxygens (including phenoxy) is 4. The molecule has 6 unspecified atom stereocenters. The summed E-state index contributed by atoms with van der Waals surface area (Å²) in [6.07, 6.45) is 4.42. The van der Waals surface area contributed by atoms with Crippen LogP contribution in [0, 0.1) is 17.8 Å². The van der Waals surface area contributed by atoms with E-state index in [9.17, 15) is 19.2 Å². The first-order valence-electron chi connectivity index (χ1n) is 16.0. The van der Waals surface area contributed by atoms with E-state index in [4.69, 9.17) is 30.5 Å². The van der Waals surface area contributed by atoms with Crippen molar-refractivity contribution < 1.29 is 38.1 Å². The lowest BCUT2D eigenvalue weighted by Crippen LogP contribution is -2.49. The van der Waals surface area contributed by atoms with Crippen LogP contribution in [0.1, 0.15) is 64.2 Å². The number of epoxide rings is 1. The third-order valence-electron chi connectivity index (χ3n) is 7.95. The van der Waals surface area contributed by atoms with Crippen LogP contribution in [-0.2, 0) is 39.8 Å². The van der Waals surface area contributed by atoms with Gasteiger partial charge in [-0.15, -0.1) is 0 Å². The Morgan fingerprint density at radius 1 is 1.00 bits per heavy atom. The standard InChI is InChI=1S/C36H47ClN2O8/c1-22(2)18-30(36(43)45-6)46-35(42)24(4)21-38-34(41)28(20-25-16-17-29(44-5)27(37)19-25)39-31(40)15-11-10-12-23(3)32-33(47-32)26-13-8-7-9-14-26/h7-9,11,13-17,19,22-24,28,30,32-33H,10,12,18,20-21H2,1-6H3,(H,38,41)(H,39,40). The number of hydrogen-bond donors (Lipinski definition) is 2. The van der Waals surface area contributed by atoms with Crippen molar-refractivity contribution in [3.05, 3.63) is 76.8 Å². The molecule has 47 heavy (non-hydrogen) atoms. The van der Waals surface area contributed by atoms with Crippen molar-refractivity contribution in [2.75, 3.05) is 20.8 Å². The topological polar surface area (TPSA) is 133 Å². The van der Waals surface area contributed by atoms with E-state index in [1.165, 1.54) is 25.9 Å². The van der Waals surface area contributed by atoms with Crippen LogP contribution in [0.15, 0.2) is 60.7 Å². The molecule has 1 aliphatic heterocycles. The van der Waals surface area contributed by atoms with Crippen LogP contribution in [0.5, 0.6) is 5.75 Å². The number of allylic oxidation sites excluding steroid dienone is 1. The summed E-state index contributed by atoms with van der Waals surface area (Å²) >= 11 is 6.30. The number of nitrogens with one attached hydrogen (secondary N) is 2. The molecule has 10 nitrogen and oxygen atoms in total. The molecule has 2 N–H and O–H groups in total. The van der Waals surface area contributed by atoms with E-state index in [2.05, 4.69) is 29.7 Å². The summed E-state index contributed by atoms with van der Waals surface area (Å²) in [6, 6.07) is 14.3. The number of benzene rings is 2. The van der Waals surface area contributed by atoms with Gasteiger partial charge >= 0.3 is 11.9 Å². The maximum Gasteiger partial charge on any atom is 0.347 e. The average molecular weight is 671 g/mol. The number of carbonyl (C=O) groups excluding carboxylic acids is 4. The summed E-state index contributed by atoms with van der Waals surface area (Å²) in [5, 5.41) is 5.89. The Labute approximate surface area is 282 Å². The first-order chi connectivity index (χ1) is 22.4. The van der Waals surface area contributed by atoms with Gasteiger partial charge in [0, 0.05) is 13.0 Å². The molecule has 0 radical (unpaired) electrons. The molecule has 1 heterocycles. The molecule has 1 saturated heterocycles. The van der Waals surface area contributed by atoms with Crippen molar-refractivity contribution in [1.82, 2.24) is 10.6 Å². The highest BCUT2D eigenvalue weighted by Crippen LogP contribution is 2.44. The Bertz CT molecular complexity index is 1380. The number of rotatable bonds is 18. The fourth-order valence-electron chi connectivity index (χ4n) is 5.15. The number of carbonyl (C=O) groups is 4. The van der Waals surface area contributed by atoms with E-state index in [1.807, 2.05) is 32.0 Å². The second-order valence-electron chi connectivity index (χ2n) is 12.3. The number of hydrogen-bond acceptors (Lipinski definition) is 8. The molecule has 1 aliphatic rings. The molecular formula is C36H47ClN2O8. The van der Waals surface area contributed by atoms with Crippen LogP contribution < -0.4 is 15.4 Å². The van der Waals surface area contributed by atoms with Gasteiger partial charge in [0.25, 0.3) is 0 Å². The van der Waals surface area contributed by atoms with Gasteiger partial charge in [0.05, 0.1) is 31.3 Å². The van der Waals surface area contributed by atoms with Gasteiger partial charge < -0.3 is 29.6 Å². The summed E-state index contributed by atoms with van der Waals surface area (Å²) < 4.78 is 21.3. The van der Waals surface area contributed by atoms with Gasteiger partial charge in [0.1, 0.15) is 17.9 Å². The van der Waals surface area contributed by atoms with Gasteiger partial charge in [-0.05, 0) is 60.4 Å². The van der Waals surface area contributed by atoms with Crippen molar-refractivity contribution in [3.63, 3.8) is 0 Å². The smallest absolute Gasteiger partial charge is 0.347 e. The largest absolute Gasteiger partial charge is 0.495 e. The highest BCUT2D eigenvalue weighted by Gasteiger charge is 2.43. The summed E-state index contributed by atoms with van der Waals surface area (Å²) in [7, 11) is 2.74. The summed E-state index contributed by atoms with van der Waals surface area (Å²) in [4.78, 5) is 51.1. The van der Waals surface area contributed by atoms with Crippen molar-refractivity contribution in [2.24, 2.45) is 17.8 Å². The van der Waals surface area contributed by atoms with E-state index in [-0.39, 0.29) is 31.1 Å². The lowest BCUT2D eigenvalue weighted by molar-refractivity contribution is -0.169. The quantitative estimate of drug-likeness (QED) is 0.123. The predicted octanol–water partition coefficient (Wildman–Crippen LogP) is 5.37. The van der Waals surface area contributed by atoms with E-state index in [1.54, 1.807) is 31.2 Å². The first-order valence-corrected chi connectivity index (χ1v) is 16.4. The first kappa shape index (κ1) is 37.6. The van der Waals surface area contributed by atoms with Crippen LogP contribution in [0.2, 0.25) is 5.02 Å². The number of halogens is 1. The fraction of sp³-hybridized carbons (Fsp3) is 0.500. The molecule has 0 saturated carbocycles. The van der Waals surface area contributed by atoms with Crippen LogP contribution >= 0.6 is 11.6 Å². The molecule has 0 spiro atoms. The third-order valence-corrected chi connectivity index (χ3v) is 8.25. The Morgan fingerprint density at radius 3 is 2.36 bits per heavy atom. The summed E-state index contributed by atoms with van der Waals surface area (Å²) in [5.74, 6) is -2.07. The second kappa shape index (κ2) is 18.4. The molecule has 11 heteroatoms. The molecule has 0 aliphatic carbocycles. The molecule has 1 fully saturated rings. The molecule has 2 amide bonds. The zero-order valence-electron chi connectivity index (χ0n) is 28.0. The zero-order valence-corrected chi connectivity index (χ0v) is 28.8. The molecule has 2 aromatic carbocycles. The minimum absolute atomic E-state index is 0.0656. The second-order valence-corrected chi connectivity index (χ2v) is 12.8. The van der Waals surface area contributed by atoms with E-state index >= 15 is 0 Å². The SMILES string of the molecule is COC(=O)C(CC(C)C)OC(=O)C(C)CNC(=O)C(Cc1ccc(OC)c(Cl)c1)NC(=O)C=CCCC(C)C1OC1c1ccccc1. The van der Waals surface area contributed by atoms with Crippen molar-refractivity contribution in [2.45, 2.75) is 77.7 Å². The van der Waals surface area contributed by atoms with Crippen LogP contribution in [0.4, 0.5) is 0 Å². The molecule has 2 aromatic rings. The minimum Gasteiger partial charge on any atom is -0.495 e. The molecule has 0 aromatic heterocycles. The fourth-order valence-corrected chi connectivity index (χ4v) is 5.43. The minimum atomic E-state index is -1.03. The Morgan fingerprint density at radius 2 is 1.72 bits per heavy atom. The molecule has 3 rings (SSSR count). The van der Waals surface area contributed by atoms with E-state index in [0.29, 0.717) is 35.1 Å². The third kappa shape index (κ3) is 12.0. The van der Waals surface area contributed by atoms with Gasteiger partial charge in [-0.1, -0.05) is 81.8 Å². The lowest BCUT2D eigenvalue weighted by atomic mass is 9.97. The molecule has 256 valence electrons. The van der Waals surface area contributed by atoms with Gasteiger partial charge in [-0.3, -0.25) is 14.4 Å². The monoisotopic (exact) mass is 670 g/mol. The van der Waals surface area contributed by atoms with Crippen LogP contribution in [0.3, 0.4) is 0 Å². The Hall–Kier alpha value is -3.89. The van der Waals surface area contributed by atoms with Crippen molar-refractivity contribution >= 4 is 35.4 Å². The molecular weight excluding hydrogens is 624 g/mol. The summed E-state index contributed by atoms with van der Waals surface area (Å²) in [6.45, 7) is 7.46. The Balaban J connectivity index is 1.57. The number of amides is 2. The highest BCUT2D eigenvalue weighted by molar-refractivity contribution is 6.32. The normalized spacial score (nSPS) is 18.1. The number of esters is 2. The van der Waals surface area contributed by atoms with Gasteiger partial charge in [0.2, 0.25) is 11.8 Å². The lowest BCUT2D eigenvalue weighted by Gasteiger charge is -2.21. The van der Waals surface area contributed by atoms with Gasteiger partial charge in [-0.2, -0.15) is 0 Å². The average Bonchev–Trinajstić information content (AvgIpc) is 3.86. The van der Waals surface area contributed by atoms with Gasteiger partial charge in [0.15, 0.2) is 6.10 Å².